The summed E-state index contributed by atoms with van der Waals surface area (Å²) in [5.74, 6) is -0.257. The average Bonchev–Trinajstić information content (AvgIpc) is 2.78. The van der Waals surface area contributed by atoms with Crippen molar-refractivity contribution in [1.29, 1.82) is 0 Å². The van der Waals surface area contributed by atoms with Gasteiger partial charge >= 0.3 is 0 Å². The molecule has 0 aliphatic heterocycles. The van der Waals surface area contributed by atoms with E-state index in [0.29, 0.717) is 24.4 Å². The van der Waals surface area contributed by atoms with Gasteiger partial charge in [-0.05, 0) is 61.0 Å². The molecular formula is C25H23FN2O3. The van der Waals surface area contributed by atoms with Crippen molar-refractivity contribution in [1.82, 2.24) is 5.32 Å². The molecule has 0 aromatic heterocycles. The van der Waals surface area contributed by atoms with E-state index in [9.17, 15) is 14.0 Å². The van der Waals surface area contributed by atoms with Crippen LogP contribution < -0.4 is 15.4 Å². The summed E-state index contributed by atoms with van der Waals surface area (Å²) >= 11 is 0. The van der Waals surface area contributed by atoms with Crippen LogP contribution in [0.25, 0.3) is 6.08 Å². The Hall–Kier alpha value is -3.93. The Bertz CT molecular complexity index is 1080. The van der Waals surface area contributed by atoms with Gasteiger partial charge in [0.2, 0.25) is 5.91 Å². The molecule has 0 spiro atoms. The molecule has 0 atom stereocenters. The molecule has 0 aliphatic rings. The van der Waals surface area contributed by atoms with Crippen LogP contribution in [-0.4, -0.2) is 18.4 Å². The van der Waals surface area contributed by atoms with E-state index in [1.165, 1.54) is 30.3 Å². The second-order valence-corrected chi connectivity index (χ2v) is 6.68. The Morgan fingerprint density at radius 3 is 2.55 bits per heavy atom. The minimum Gasteiger partial charge on any atom is -0.493 e. The van der Waals surface area contributed by atoms with E-state index < -0.39 is 5.82 Å². The normalized spacial score (nSPS) is 10.6. The molecule has 31 heavy (non-hydrogen) atoms. The van der Waals surface area contributed by atoms with E-state index in [4.69, 9.17) is 4.74 Å². The fraction of sp³-hybridized carbons (Fsp3) is 0.120. The number of rotatable bonds is 8. The predicted octanol–water partition coefficient (Wildman–Crippen LogP) is 4.81. The summed E-state index contributed by atoms with van der Waals surface area (Å²) in [5.41, 5.74) is 2.60. The maximum atomic E-state index is 13.0. The first-order valence-electron chi connectivity index (χ1n) is 9.89. The zero-order valence-electron chi connectivity index (χ0n) is 17.1. The van der Waals surface area contributed by atoms with Crippen LogP contribution in [0.4, 0.5) is 10.1 Å². The first-order valence-corrected chi connectivity index (χ1v) is 9.89. The second kappa shape index (κ2) is 10.7. The number of carbonyl (C=O) groups is 2. The molecule has 0 aliphatic carbocycles. The molecule has 158 valence electrons. The lowest BCUT2D eigenvalue weighted by atomic mass is 10.1. The second-order valence-electron chi connectivity index (χ2n) is 6.68. The van der Waals surface area contributed by atoms with Gasteiger partial charge in [0, 0.05) is 29.4 Å². The fourth-order valence-corrected chi connectivity index (χ4v) is 2.88. The molecule has 5 nitrogen and oxygen atoms in total. The van der Waals surface area contributed by atoms with Crippen LogP contribution in [0.1, 0.15) is 28.4 Å². The molecule has 0 saturated carbocycles. The molecule has 0 radical (unpaired) electrons. The van der Waals surface area contributed by atoms with Gasteiger partial charge in [-0.2, -0.15) is 0 Å². The fourth-order valence-electron chi connectivity index (χ4n) is 2.88. The van der Waals surface area contributed by atoms with E-state index in [-0.39, 0.29) is 11.8 Å². The minimum atomic E-state index is -0.398. The monoisotopic (exact) mass is 418 g/mol. The van der Waals surface area contributed by atoms with Crippen molar-refractivity contribution in [3.8, 4) is 5.75 Å². The Balaban J connectivity index is 1.57. The van der Waals surface area contributed by atoms with Gasteiger partial charge in [0.15, 0.2) is 0 Å². The van der Waals surface area contributed by atoms with Gasteiger partial charge in [-0.1, -0.05) is 30.3 Å². The zero-order valence-corrected chi connectivity index (χ0v) is 17.1. The Morgan fingerprint density at radius 1 is 1.00 bits per heavy atom. The summed E-state index contributed by atoms with van der Waals surface area (Å²) in [6.45, 7) is 2.75. The van der Waals surface area contributed by atoms with Gasteiger partial charge < -0.3 is 15.4 Å². The van der Waals surface area contributed by atoms with Crippen LogP contribution >= 0.6 is 0 Å². The molecule has 0 fully saturated rings. The highest BCUT2D eigenvalue weighted by atomic mass is 19.1. The molecule has 2 N–H and O–H groups in total. The van der Waals surface area contributed by atoms with Gasteiger partial charge in [0.25, 0.3) is 5.91 Å². The van der Waals surface area contributed by atoms with Crippen molar-refractivity contribution in [3.63, 3.8) is 0 Å². The van der Waals surface area contributed by atoms with Crippen LogP contribution in [-0.2, 0) is 11.3 Å². The Labute approximate surface area is 180 Å². The lowest BCUT2D eigenvalue weighted by Crippen LogP contribution is -2.20. The number of ether oxygens (including phenoxy) is 1. The molecule has 0 saturated heterocycles. The maximum Gasteiger partial charge on any atom is 0.255 e. The first kappa shape index (κ1) is 21.8. The number of benzene rings is 3. The Morgan fingerprint density at radius 2 is 1.77 bits per heavy atom. The number of halogens is 1. The number of para-hydroxylation sites is 1. The highest BCUT2D eigenvalue weighted by Gasteiger charge is 2.07. The lowest BCUT2D eigenvalue weighted by Gasteiger charge is -2.08. The van der Waals surface area contributed by atoms with E-state index in [2.05, 4.69) is 10.6 Å². The number of hydrogen-bond donors (Lipinski definition) is 2. The van der Waals surface area contributed by atoms with E-state index in [0.717, 1.165) is 16.9 Å². The summed E-state index contributed by atoms with van der Waals surface area (Å²) in [7, 11) is 0. The SMILES string of the molecule is CCOc1ccccc1C=CC(=O)NCc1cccc(NC(=O)c2ccc(F)cc2)c1. The van der Waals surface area contributed by atoms with Crippen molar-refractivity contribution in [2.24, 2.45) is 0 Å². The third-order valence-electron chi connectivity index (χ3n) is 4.39. The van der Waals surface area contributed by atoms with Crippen LogP contribution in [0.2, 0.25) is 0 Å². The van der Waals surface area contributed by atoms with Gasteiger partial charge in [0.1, 0.15) is 11.6 Å². The molecule has 3 aromatic rings. The molecule has 6 heteroatoms. The largest absolute Gasteiger partial charge is 0.493 e. The predicted molar refractivity (Wildman–Crippen MR) is 119 cm³/mol. The van der Waals surface area contributed by atoms with Crippen molar-refractivity contribution < 1.29 is 18.7 Å². The summed E-state index contributed by atoms with van der Waals surface area (Å²) in [6.07, 6.45) is 3.16. The van der Waals surface area contributed by atoms with Crippen molar-refractivity contribution in [2.45, 2.75) is 13.5 Å². The highest BCUT2D eigenvalue weighted by molar-refractivity contribution is 6.04. The van der Waals surface area contributed by atoms with Crippen molar-refractivity contribution in [2.75, 3.05) is 11.9 Å². The maximum absolute atomic E-state index is 13.0. The lowest BCUT2D eigenvalue weighted by molar-refractivity contribution is -0.116. The standard InChI is InChI=1S/C25H23FN2O3/c1-2-31-23-9-4-3-7-19(23)12-15-24(29)27-17-18-6-5-8-22(16-18)28-25(30)20-10-13-21(26)14-11-20/h3-16H,2,17H2,1H3,(H,27,29)(H,28,30). The van der Waals surface area contributed by atoms with E-state index in [1.807, 2.05) is 37.3 Å². The molecule has 2 amide bonds. The average molecular weight is 418 g/mol. The van der Waals surface area contributed by atoms with Crippen molar-refractivity contribution >= 4 is 23.6 Å². The smallest absolute Gasteiger partial charge is 0.255 e. The zero-order chi connectivity index (χ0) is 22.1. The number of amides is 2. The molecule has 0 unspecified atom stereocenters. The summed E-state index contributed by atoms with van der Waals surface area (Å²) in [4.78, 5) is 24.5. The molecule has 3 rings (SSSR count). The third-order valence-corrected chi connectivity index (χ3v) is 4.39. The summed E-state index contributed by atoms with van der Waals surface area (Å²) in [6, 6.07) is 20.0. The van der Waals surface area contributed by atoms with Crippen LogP contribution in [0.3, 0.4) is 0 Å². The van der Waals surface area contributed by atoms with Crippen LogP contribution in [0, 0.1) is 5.82 Å². The van der Waals surface area contributed by atoms with Crippen LogP contribution in [0.15, 0.2) is 78.9 Å². The number of carbonyl (C=O) groups excluding carboxylic acids is 2. The molecule has 0 bridgehead atoms. The quantitative estimate of drug-likeness (QED) is 0.516. The minimum absolute atomic E-state index is 0.243. The van der Waals surface area contributed by atoms with E-state index >= 15 is 0 Å². The topological polar surface area (TPSA) is 67.4 Å². The van der Waals surface area contributed by atoms with Gasteiger partial charge in [0.05, 0.1) is 6.61 Å². The first-order chi connectivity index (χ1) is 15.0. The highest BCUT2D eigenvalue weighted by Crippen LogP contribution is 2.19. The van der Waals surface area contributed by atoms with Crippen LogP contribution in [0.5, 0.6) is 5.75 Å². The van der Waals surface area contributed by atoms with E-state index in [1.54, 1.807) is 24.3 Å². The van der Waals surface area contributed by atoms with Gasteiger partial charge in [-0.25, -0.2) is 4.39 Å². The molecule has 0 heterocycles. The summed E-state index contributed by atoms with van der Waals surface area (Å²) in [5, 5.41) is 5.59. The van der Waals surface area contributed by atoms with Gasteiger partial charge in [-0.3, -0.25) is 9.59 Å². The third kappa shape index (κ3) is 6.54. The number of nitrogens with one attached hydrogen (secondary N) is 2. The van der Waals surface area contributed by atoms with Gasteiger partial charge in [-0.15, -0.1) is 0 Å². The number of anilines is 1. The van der Waals surface area contributed by atoms with Crippen molar-refractivity contribution in [3.05, 3.63) is 101 Å². The Kier molecular flexibility index (Phi) is 7.54. The molecule has 3 aromatic carbocycles. The summed E-state index contributed by atoms with van der Waals surface area (Å²) < 4.78 is 18.6. The number of hydrogen-bond acceptors (Lipinski definition) is 3. The molecular weight excluding hydrogens is 395 g/mol.